The molecule has 122 valence electrons. The van der Waals surface area contributed by atoms with Crippen molar-refractivity contribution in [1.29, 1.82) is 0 Å². The molecule has 1 fully saturated rings. The van der Waals surface area contributed by atoms with Crippen molar-refractivity contribution in [3.05, 3.63) is 40.4 Å². The summed E-state index contributed by atoms with van der Waals surface area (Å²) in [5.41, 5.74) is 1.13. The number of aromatic nitrogens is 2. The van der Waals surface area contributed by atoms with E-state index in [9.17, 15) is 10.1 Å². The van der Waals surface area contributed by atoms with Gasteiger partial charge in [-0.25, -0.2) is 4.98 Å². The van der Waals surface area contributed by atoms with E-state index >= 15 is 0 Å². The molecule has 0 radical (unpaired) electrons. The molecule has 0 amide bonds. The molecular weight excluding hydrogens is 282 g/mol. The fraction of sp³-hybridized carbons (Fsp3) is 0.667. The van der Waals surface area contributed by atoms with E-state index in [-0.39, 0.29) is 0 Å². The summed E-state index contributed by atoms with van der Waals surface area (Å²) in [5.74, 6) is 0.527. The summed E-state index contributed by atoms with van der Waals surface area (Å²) in [6.07, 6.45) is 11.4. The van der Waals surface area contributed by atoms with E-state index in [4.69, 9.17) is 0 Å². The molecule has 7 heteroatoms. The lowest BCUT2D eigenvalue weighted by molar-refractivity contribution is -0.404. The number of nitrogens with zero attached hydrogens (tertiary/aromatic N) is 3. The molecule has 0 saturated heterocycles. The Morgan fingerprint density at radius 1 is 1.50 bits per heavy atom. The van der Waals surface area contributed by atoms with Gasteiger partial charge in [0, 0.05) is 31.0 Å². The lowest BCUT2D eigenvalue weighted by Crippen LogP contribution is -2.37. The molecule has 22 heavy (non-hydrogen) atoms. The Balaban J connectivity index is 1.77. The lowest BCUT2D eigenvalue weighted by Gasteiger charge is -2.24. The molecule has 0 spiro atoms. The Hall–Kier alpha value is -2.05. The second-order valence-electron chi connectivity index (χ2n) is 5.82. The normalized spacial score (nSPS) is 16.5. The topological polar surface area (TPSA) is 85.0 Å². The van der Waals surface area contributed by atoms with Crippen LogP contribution in [0.3, 0.4) is 0 Å². The van der Waals surface area contributed by atoms with Crippen LogP contribution in [0.25, 0.3) is 0 Å². The average Bonchev–Trinajstić information content (AvgIpc) is 2.89. The smallest absolute Gasteiger partial charge is 0.274 e. The minimum Gasteiger partial charge on any atom is -0.367 e. The predicted octanol–water partition coefficient (Wildman–Crippen LogP) is 2.17. The van der Waals surface area contributed by atoms with E-state index in [0.717, 1.165) is 37.7 Å². The monoisotopic (exact) mass is 307 g/mol. The zero-order valence-electron chi connectivity index (χ0n) is 13.1. The maximum atomic E-state index is 10.8. The predicted molar refractivity (Wildman–Crippen MR) is 84.7 cm³/mol. The third-order valence-corrected chi connectivity index (χ3v) is 4.01. The zero-order valence-corrected chi connectivity index (χ0v) is 13.1. The van der Waals surface area contributed by atoms with Crippen LogP contribution in [-0.2, 0) is 6.54 Å². The van der Waals surface area contributed by atoms with Crippen molar-refractivity contribution in [1.82, 2.24) is 20.2 Å². The number of rotatable bonds is 8. The average molecular weight is 307 g/mol. The van der Waals surface area contributed by atoms with Crippen LogP contribution in [0.15, 0.2) is 24.5 Å². The van der Waals surface area contributed by atoms with Crippen LogP contribution >= 0.6 is 0 Å². The highest BCUT2D eigenvalue weighted by Gasteiger charge is 2.15. The maximum absolute atomic E-state index is 10.8. The third-order valence-electron chi connectivity index (χ3n) is 4.01. The second kappa shape index (κ2) is 8.41. The van der Waals surface area contributed by atoms with E-state index < -0.39 is 4.92 Å². The van der Waals surface area contributed by atoms with Crippen LogP contribution < -0.4 is 10.6 Å². The number of hydrogen-bond acceptors (Lipinski definition) is 5. The van der Waals surface area contributed by atoms with Gasteiger partial charge >= 0.3 is 0 Å². The van der Waals surface area contributed by atoms with Gasteiger partial charge in [-0.3, -0.25) is 10.1 Å². The van der Waals surface area contributed by atoms with E-state index in [2.05, 4.69) is 20.2 Å². The molecule has 1 aromatic rings. The van der Waals surface area contributed by atoms with Gasteiger partial charge in [-0.05, 0) is 26.2 Å². The molecule has 1 heterocycles. The van der Waals surface area contributed by atoms with Gasteiger partial charge in [-0.15, -0.1) is 0 Å². The number of nitro groups is 1. The summed E-state index contributed by atoms with van der Waals surface area (Å²) < 4.78 is 2.08. The molecule has 1 aliphatic rings. The quantitative estimate of drug-likeness (QED) is 0.437. The molecule has 2 rings (SSSR count). The first-order valence-electron chi connectivity index (χ1n) is 7.97. The zero-order chi connectivity index (χ0) is 15.8. The van der Waals surface area contributed by atoms with E-state index in [0.29, 0.717) is 18.4 Å². The lowest BCUT2D eigenvalue weighted by atomic mass is 9.95. The molecular formula is C15H25N5O2. The first-order chi connectivity index (χ1) is 10.6. The Morgan fingerprint density at radius 3 is 2.91 bits per heavy atom. The van der Waals surface area contributed by atoms with Crippen molar-refractivity contribution in [3.8, 4) is 0 Å². The van der Waals surface area contributed by atoms with Gasteiger partial charge in [0.1, 0.15) is 0 Å². The first kappa shape index (κ1) is 16.3. The van der Waals surface area contributed by atoms with Gasteiger partial charge in [-0.1, -0.05) is 19.3 Å². The summed E-state index contributed by atoms with van der Waals surface area (Å²) in [7, 11) is 0. The number of hydrogen-bond donors (Lipinski definition) is 2. The molecule has 0 bridgehead atoms. The van der Waals surface area contributed by atoms with E-state index in [1.165, 1.54) is 19.3 Å². The molecule has 0 aromatic carbocycles. The molecule has 1 aliphatic carbocycles. The minimum absolute atomic E-state index is 0.350. The van der Waals surface area contributed by atoms with Crippen LogP contribution in [0.2, 0.25) is 0 Å². The Morgan fingerprint density at radius 2 is 2.27 bits per heavy atom. The molecule has 7 nitrogen and oxygen atoms in total. The van der Waals surface area contributed by atoms with Crippen molar-refractivity contribution < 1.29 is 4.92 Å². The van der Waals surface area contributed by atoms with Crippen molar-refractivity contribution in [2.75, 3.05) is 6.54 Å². The van der Waals surface area contributed by atoms with Gasteiger partial charge in [0.05, 0.1) is 11.3 Å². The molecule has 0 unspecified atom stereocenters. The van der Waals surface area contributed by atoms with Gasteiger partial charge in [-0.2, -0.15) is 0 Å². The molecule has 2 N–H and O–H groups in total. The molecule has 1 aromatic heterocycles. The summed E-state index contributed by atoms with van der Waals surface area (Å²) >= 11 is 0. The highest BCUT2D eigenvalue weighted by molar-refractivity contribution is 4.96. The third kappa shape index (κ3) is 5.38. The van der Waals surface area contributed by atoms with Crippen LogP contribution in [0.4, 0.5) is 0 Å². The van der Waals surface area contributed by atoms with Crippen LogP contribution in [0, 0.1) is 17.0 Å². The van der Waals surface area contributed by atoms with Crippen LogP contribution in [-0.4, -0.2) is 27.1 Å². The minimum atomic E-state index is -0.405. The van der Waals surface area contributed by atoms with Crippen LogP contribution in [0.5, 0.6) is 0 Å². The van der Waals surface area contributed by atoms with E-state index in [1.54, 1.807) is 0 Å². The first-order valence-corrected chi connectivity index (χ1v) is 7.97. The SMILES string of the molecule is Cc1cncn1CCCN/C(=C\[N+](=O)[O-])NC1CCCCC1. The van der Waals surface area contributed by atoms with E-state index in [1.807, 2.05) is 19.4 Å². The number of imidazole rings is 1. The second-order valence-corrected chi connectivity index (χ2v) is 5.82. The fourth-order valence-electron chi connectivity index (χ4n) is 2.80. The number of nitrogens with one attached hydrogen (secondary N) is 2. The Kier molecular flexibility index (Phi) is 6.24. The summed E-state index contributed by atoms with van der Waals surface area (Å²) in [5, 5.41) is 17.2. The van der Waals surface area contributed by atoms with Crippen molar-refractivity contribution in [2.45, 2.75) is 58.0 Å². The van der Waals surface area contributed by atoms with Gasteiger partial charge < -0.3 is 15.2 Å². The fourth-order valence-corrected chi connectivity index (χ4v) is 2.80. The van der Waals surface area contributed by atoms with Gasteiger partial charge in [0.25, 0.3) is 6.20 Å². The highest BCUT2D eigenvalue weighted by atomic mass is 16.6. The maximum Gasteiger partial charge on any atom is 0.274 e. The highest BCUT2D eigenvalue weighted by Crippen LogP contribution is 2.18. The molecule has 0 atom stereocenters. The van der Waals surface area contributed by atoms with Crippen LogP contribution in [0.1, 0.15) is 44.2 Å². The van der Waals surface area contributed by atoms with Gasteiger partial charge in [0.15, 0.2) is 5.82 Å². The summed E-state index contributed by atoms with van der Waals surface area (Å²) in [4.78, 5) is 14.4. The molecule has 0 aliphatic heterocycles. The van der Waals surface area contributed by atoms with Crippen molar-refractivity contribution in [3.63, 3.8) is 0 Å². The Labute approximate surface area is 131 Å². The Bertz CT molecular complexity index is 506. The standard InChI is InChI=1S/C15H25N5O2/c1-13-10-16-12-19(13)9-5-8-17-15(11-20(21)22)18-14-6-3-2-4-7-14/h10-12,14,17-18H,2-9H2,1H3/b15-11+. The van der Waals surface area contributed by atoms with Gasteiger partial charge in [0.2, 0.25) is 0 Å². The molecule has 1 saturated carbocycles. The summed E-state index contributed by atoms with van der Waals surface area (Å²) in [6.45, 7) is 3.56. The van der Waals surface area contributed by atoms with Crippen molar-refractivity contribution in [2.24, 2.45) is 0 Å². The summed E-state index contributed by atoms with van der Waals surface area (Å²) in [6, 6.07) is 0.350. The largest absolute Gasteiger partial charge is 0.367 e. The van der Waals surface area contributed by atoms with Crippen molar-refractivity contribution >= 4 is 0 Å². The number of aryl methyl sites for hydroxylation is 2.